The largest absolute Gasteiger partial charge is 0.348 e. The Labute approximate surface area is 159 Å². The van der Waals surface area contributed by atoms with Gasteiger partial charge >= 0.3 is 0 Å². The van der Waals surface area contributed by atoms with E-state index >= 15 is 0 Å². The number of imidazole rings is 1. The average molecular weight is 371 g/mol. The summed E-state index contributed by atoms with van der Waals surface area (Å²) in [6.07, 6.45) is 8.39. The summed E-state index contributed by atoms with van der Waals surface area (Å²) in [5, 5.41) is 3.29. The zero-order chi connectivity index (χ0) is 18.4. The van der Waals surface area contributed by atoms with Crippen molar-refractivity contribution < 1.29 is 9.59 Å². The maximum atomic E-state index is 13.2. The smallest absolute Gasteiger partial charge is 0.227 e. The number of aromatic nitrogens is 2. The standard InChI is InChI=1S/C20H29N5O2/c26-18(15-4-8-21-12-15)24-10-6-20(7-11-24)17-16(22-13-23-17)5-9-25(20)19(27)14-2-1-3-14/h13-15,21H,1-12H2,(H,22,23)/t15-/m0/s1. The van der Waals surface area contributed by atoms with Crippen molar-refractivity contribution in [1.82, 2.24) is 25.1 Å². The SMILES string of the molecule is O=C([C@H]1CCNC1)N1CCC2(CC1)c1nc[nH]c1CCN2C(=O)C1CCC1. The molecule has 2 N–H and O–H groups in total. The van der Waals surface area contributed by atoms with E-state index in [2.05, 4.69) is 20.2 Å². The van der Waals surface area contributed by atoms with Crippen LogP contribution in [-0.2, 0) is 21.5 Å². The van der Waals surface area contributed by atoms with E-state index in [1.165, 1.54) is 12.1 Å². The van der Waals surface area contributed by atoms with Crippen molar-refractivity contribution in [1.29, 1.82) is 0 Å². The number of piperidine rings is 1. The van der Waals surface area contributed by atoms with Gasteiger partial charge in [0.1, 0.15) is 0 Å². The normalized spacial score (nSPS) is 27.5. The predicted molar refractivity (Wildman–Crippen MR) is 99.8 cm³/mol. The van der Waals surface area contributed by atoms with Crippen molar-refractivity contribution in [3.05, 3.63) is 17.7 Å². The van der Waals surface area contributed by atoms with Crippen molar-refractivity contribution in [2.45, 2.75) is 50.5 Å². The first kappa shape index (κ1) is 17.2. The molecule has 3 aliphatic heterocycles. The Morgan fingerprint density at radius 3 is 2.56 bits per heavy atom. The van der Waals surface area contributed by atoms with E-state index in [0.717, 1.165) is 76.9 Å². The quantitative estimate of drug-likeness (QED) is 0.813. The molecule has 0 unspecified atom stereocenters. The highest BCUT2D eigenvalue weighted by Crippen LogP contribution is 2.44. The van der Waals surface area contributed by atoms with E-state index in [-0.39, 0.29) is 23.3 Å². The summed E-state index contributed by atoms with van der Waals surface area (Å²) in [7, 11) is 0. The van der Waals surface area contributed by atoms with E-state index in [4.69, 9.17) is 0 Å². The fourth-order valence-corrected chi connectivity index (χ4v) is 5.40. The third kappa shape index (κ3) is 2.70. The van der Waals surface area contributed by atoms with E-state index in [1.54, 1.807) is 6.33 Å². The van der Waals surface area contributed by atoms with Crippen LogP contribution in [-0.4, -0.2) is 64.3 Å². The van der Waals surface area contributed by atoms with Gasteiger partial charge in [0.25, 0.3) is 0 Å². The van der Waals surface area contributed by atoms with Gasteiger partial charge in [-0.2, -0.15) is 0 Å². The second-order valence-corrected chi connectivity index (χ2v) is 8.64. The topological polar surface area (TPSA) is 81.3 Å². The lowest BCUT2D eigenvalue weighted by atomic mass is 9.76. The zero-order valence-corrected chi connectivity index (χ0v) is 15.9. The number of aromatic amines is 1. The third-order valence-electron chi connectivity index (χ3n) is 7.29. The molecule has 1 atom stereocenters. The molecular formula is C20H29N5O2. The van der Waals surface area contributed by atoms with Crippen LogP contribution in [0.2, 0.25) is 0 Å². The van der Waals surface area contributed by atoms with Gasteiger partial charge in [-0.25, -0.2) is 4.98 Å². The molecule has 1 spiro atoms. The Morgan fingerprint density at radius 2 is 1.89 bits per heavy atom. The molecule has 1 aromatic rings. The molecule has 5 rings (SSSR count). The van der Waals surface area contributed by atoms with Gasteiger partial charge in [0.05, 0.1) is 23.5 Å². The number of nitrogens with zero attached hydrogens (tertiary/aromatic N) is 3. The van der Waals surface area contributed by atoms with Gasteiger partial charge in [0.2, 0.25) is 11.8 Å². The van der Waals surface area contributed by atoms with Gasteiger partial charge in [-0.3, -0.25) is 9.59 Å². The number of carbonyl (C=O) groups excluding carboxylic acids is 2. The van der Waals surface area contributed by atoms with Crippen molar-refractivity contribution in [3.63, 3.8) is 0 Å². The molecule has 7 heteroatoms. The average Bonchev–Trinajstić information content (AvgIpc) is 3.33. The number of likely N-dealkylation sites (tertiary alicyclic amines) is 1. The Balaban J connectivity index is 1.38. The highest BCUT2D eigenvalue weighted by molar-refractivity contribution is 5.81. The monoisotopic (exact) mass is 371 g/mol. The molecule has 0 bridgehead atoms. The van der Waals surface area contributed by atoms with E-state index in [1.807, 2.05) is 4.90 Å². The lowest BCUT2D eigenvalue weighted by Gasteiger charge is -2.52. The Morgan fingerprint density at radius 1 is 1.07 bits per heavy atom. The third-order valence-corrected chi connectivity index (χ3v) is 7.29. The Bertz CT molecular complexity index is 726. The fourth-order valence-electron chi connectivity index (χ4n) is 5.40. The maximum absolute atomic E-state index is 13.2. The van der Waals surface area contributed by atoms with E-state index in [0.29, 0.717) is 5.91 Å². The van der Waals surface area contributed by atoms with Crippen LogP contribution in [0.1, 0.15) is 49.9 Å². The van der Waals surface area contributed by atoms with Crippen LogP contribution < -0.4 is 5.32 Å². The van der Waals surface area contributed by atoms with Gasteiger partial charge in [0, 0.05) is 44.2 Å². The number of hydrogen-bond donors (Lipinski definition) is 2. The highest BCUT2D eigenvalue weighted by Gasteiger charge is 2.50. The van der Waals surface area contributed by atoms with Crippen LogP contribution in [0.4, 0.5) is 0 Å². The van der Waals surface area contributed by atoms with Crippen molar-refractivity contribution >= 4 is 11.8 Å². The number of hydrogen-bond acceptors (Lipinski definition) is 4. The first-order valence-electron chi connectivity index (χ1n) is 10.5. The van der Waals surface area contributed by atoms with Crippen molar-refractivity contribution in [2.24, 2.45) is 11.8 Å². The zero-order valence-electron chi connectivity index (χ0n) is 15.9. The first-order chi connectivity index (χ1) is 13.2. The molecule has 2 amide bonds. The van der Waals surface area contributed by atoms with Crippen LogP contribution in [0.25, 0.3) is 0 Å². The number of carbonyl (C=O) groups is 2. The van der Waals surface area contributed by atoms with Crippen molar-refractivity contribution in [2.75, 3.05) is 32.7 Å². The minimum Gasteiger partial charge on any atom is -0.348 e. The van der Waals surface area contributed by atoms with Gasteiger partial charge in [-0.1, -0.05) is 6.42 Å². The summed E-state index contributed by atoms with van der Waals surface area (Å²) in [4.78, 5) is 38.1. The molecule has 1 aliphatic carbocycles. The molecule has 7 nitrogen and oxygen atoms in total. The summed E-state index contributed by atoms with van der Waals surface area (Å²) in [6.45, 7) is 3.95. The molecule has 1 saturated carbocycles. The molecule has 4 heterocycles. The number of amides is 2. The first-order valence-corrected chi connectivity index (χ1v) is 10.5. The number of nitrogens with one attached hydrogen (secondary N) is 2. The van der Waals surface area contributed by atoms with Gasteiger partial charge in [0.15, 0.2) is 0 Å². The van der Waals surface area contributed by atoms with E-state index < -0.39 is 0 Å². The number of H-pyrrole nitrogens is 1. The van der Waals surface area contributed by atoms with Gasteiger partial charge in [-0.05, 0) is 38.6 Å². The van der Waals surface area contributed by atoms with Crippen LogP contribution in [0.15, 0.2) is 6.33 Å². The second kappa shape index (κ2) is 6.62. The van der Waals surface area contributed by atoms with Crippen LogP contribution >= 0.6 is 0 Å². The summed E-state index contributed by atoms with van der Waals surface area (Å²) >= 11 is 0. The lowest BCUT2D eigenvalue weighted by Crippen LogP contribution is -2.60. The van der Waals surface area contributed by atoms with Gasteiger partial charge in [-0.15, -0.1) is 0 Å². The van der Waals surface area contributed by atoms with Crippen LogP contribution in [0, 0.1) is 11.8 Å². The summed E-state index contributed by atoms with van der Waals surface area (Å²) in [5.41, 5.74) is 1.90. The molecule has 2 saturated heterocycles. The van der Waals surface area contributed by atoms with Gasteiger partial charge < -0.3 is 20.1 Å². The molecule has 0 radical (unpaired) electrons. The predicted octanol–water partition coefficient (Wildman–Crippen LogP) is 1.02. The minimum atomic E-state index is -0.328. The molecule has 4 aliphatic rings. The summed E-state index contributed by atoms with van der Waals surface area (Å²) in [5.74, 6) is 0.921. The van der Waals surface area contributed by atoms with E-state index in [9.17, 15) is 9.59 Å². The lowest BCUT2D eigenvalue weighted by molar-refractivity contribution is -0.151. The highest BCUT2D eigenvalue weighted by atomic mass is 16.2. The Hall–Kier alpha value is -1.89. The van der Waals surface area contributed by atoms with Crippen LogP contribution in [0.5, 0.6) is 0 Å². The fraction of sp³-hybridized carbons (Fsp3) is 0.750. The minimum absolute atomic E-state index is 0.124. The maximum Gasteiger partial charge on any atom is 0.227 e. The summed E-state index contributed by atoms with van der Waals surface area (Å²) in [6, 6.07) is 0. The van der Waals surface area contributed by atoms with Crippen LogP contribution in [0.3, 0.4) is 0 Å². The Kier molecular flexibility index (Phi) is 4.22. The molecule has 27 heavy (non-hydrogen) atoms. The van der Waals surface area contributed by atoms with Crippen molar-refractivity contribution in [3.8, 4) is 0 Å². The number of rotatable bonds is 2. The molecular weight excluding hydrogens is 342 g/mol. The molecule has 0 aromatic carbocycles. The summed E-state index contributed by atoms with van der Waals surface area (Å²) < 4.78 is 0. The number of fused-ring (bicyclic) bond motifs is 2. The molecule has 146 valence electrons. The molecule has 1 aromatic heterocycles. The second-order valence-electron chi connectivity index (χ2n) is 8.64. The molecule has 3 fully saturated rings.